The topological polar surface area (TPSA) is 111 Å². The molecule has 0 aromatic carbocycles. The van der Waals surface area contributed by atoms with Crippen LogP contribution in [0.25, 0.3) is 0 Å². The van der Waals surface area contributed by atoms with E-state index in [1.807, 2.05) is 20.8 Å². The second kappa shape index (κ2) is 7.81. The van der Waals surface area contributed by atoms with Crippen molar-refractivity contribution in [3.8, 4) is 0 Å². The molecular formula is C19H30N6O3S. The van der Waals surface area contributed by atoms with Crippen molar-refractivity contribution in [3.63, 3.8) is 0 Å². The predicted octanol–water partition coefficient (Wildman–Crippen LogP) is 2.31. The molecule has 0 saturated heterocycles. The SMILES string of the molecule is Cc1nn(C(C)(C)C)c(C)c1S(=O)(=O)Nc1cnn(CC(=O)NC2CCCC2)c1. The molecule has 1 aliphatic carbocycles. The number of carbonyl (C=O) groups excluding carboxylic acids is 1. The molecule has 2 heterocycles. The van der Waals surface area contributed by atoms with E-state index in [0.717, 1.165) is 25.7 Å². The van der Waals surface area contributed by atoms with E-state index in [0.29, 0.717) is 17.1 Å². The average molecular weight is 423 g/mol. The zero-order valence-electron chi connectivity index (χ0n) is 17.7. The first-order valence-electron chi connectivity index (χ1n) is 9.89. The molecule has 0 aliphatic heterocycles. The van der Waals surface area contributed by atoms with Crippen molar-refractivity contribution in [2.45, 2.75) is 83.3 Å². The summed E-state index contributed by atoms with van der Waals surface area (Å²) in [5.74, 6) is -0.118. The molecule has 0 bridgehead atoms. The lowest BCUT2D eigenvalue weighted by atomic mass is 10.1. The first-order chi connectivity index (χ1) is 13.5. The number of aromatic nitrogens is 4. The summed E-state index contributed by atoms with van der Waals surface area (Å²) in [5.41, 5.74) is 0.986. The maximum absolute atomic E-state index is 13.0. The molecule has 29 heavy (non-hydrogen) atoms. The van der Waals surface area contributed by atoms with Gasteiger partial charge in [-0.15, -0.1) is 0 Å². The summed E-state index contributed by atoms with van der Waals surface area (Å²) in [5, 5.41) is 11.5. The van der Waals surface area contributed by atoms with Crippen molar-refractivity contribution in [3.05, 3.63) is 23.8 Å². The molecule has 3 rings (SSSR count). The van der Waals surface area contributed by atoms with E-state index in [1.165, 1.54) is 17.1 Å². The van der Waals surface area contributed by atoms with E-state index in [-0.39, 0.29) is 28.9 Å². The summed E-state index contributed by atoms with van der Waals surface area (Å²) < 4.78 is 31.6. The molecular weight excluding hydrogens is 392 g/mol. The van der Waals surface area contributed by atoms with Crippen LogP contribution in [0, 0.1) is 13.8 Å². The summed E-state index contributed by atoms with van der Waals surface area (Å²) >= 11 is 0. The standard InChI is InChI=1S/C19H30N6O3S/c1-13-18(14(2)25(22-13)19(3,4)5)29(27,28)23-16-10-20-24(11-16)12-17(26)21-15-8-6-7-9-15/h10-11,15,23H,6-9,12H2,1-5H3,(H,21,26). The molecule has 2 aromatic rings. The van der Waals surface area contributed by atoms with Crippen LogP contribution in [0.2, 0.25) is 0 Å². The van der Waals surface area contributed by atoms with Crippen LogP contribution in [-0.4, -0.2) is 39.9 Å². The maximum Gasteiger partial charge on any atom is 0.265 e. The van der Waals surface area contributed by atoms with Gasteiger partial charge in [0.2, 0.25) is 5.91 Å². The summed E-state index contributed by atoms with van der Waals surface area (Å²) in [4.78, 5) is 12.3. The van der Waals surface area contributed by atoms with Gasteiger partial charge in [0.15, 0.2) is 0 Å². The van der Waals surface area contributed by atoms with Crippen LogP contribution in [0.3, 0.4) is 0 Å². The van der Waals surface area contributed by atoms with Gasteiger partial charge in [0.25, 0.3) is 10.0 Å². The number of anilines is 1. The van der Waals surface area contributed by atoms with E-state index in [1.54, 1.807) is 18.5 Å². The third kappa shape index (κ3) is 4.80. The lowest BCUT2D eigenvalue weighted by Gasteiger charge is -2.21. The lowest BCUT2D eigenvalue weighted by molar-refractivity contribution is -0.122. The molecule has 0 atom stereocenters. The average Bonchev–Trinajstić information content (AvgIpc) is 3.28. The number of rotatable bonds is 6. The minimum absolute atomic E-state index is 0.0538. The molecule has 160 valence electrons. The van der Waals surface area contributed by atoms with Gasteiger partial charge < -0.3 is 5.32 Å². The second-order valence-corrected chi connectivity index (χ2v) is 10.3. The fourth-order valence-electron chi connectivity index (χ4n) is 3.87. The van der Waals surface area contributed by atoms with Crippen LogP contribution in [0.15, 0.2) is 17.3 Å². The van der Waals surface area contributed by atoms with Crippen LogP contribution >= 0.6 is 0 Å². The van der Waals surface area contributed by atoms with Gasteiger partial charge in [0.05, 0.1) is 28.8 Å². The van der Waals surface area contributed by atoms with Crippen LogP contribution in [-0.2, 0) is 26.9 Å². The lowest BCUT2D eigenvalue weighted by Crippen LogP contribution is -2.35. The van der Waals surface area contributed by atoms with Crippen molar-refractivity contribution in [2.24, 2.45) is 0 Å². The van der Waals surface area contributed by atoms with E-state index in [2.05, 4.69) is 20.2 Å². The molecule has 1 fully saturated rings. The fraction of sp³-hybridized carbons (Fsp3) is 0.632. The van der Waals surface area contributed by atoms with Crippen LogP contribution in [0.1, 0.15) is 57.8 Å². The highest BCUT2D eigenvalue weighted by atomic mass is 32.2. The third-order valence-corrected chi connectivity index (χ3v) is 6.67. The molecule has 2 aromatic heterocycles. The highest BCUT2D eigenvalue weighted by molar-refractivity contribution is 7.92. The number of aryl methyl sites for hydroxylation is 1. The summed E-state index contributed by atoms with van der Waals surface area (Å²) in [7, 11) is -3.84. The molecule has 10 heteroatoms. The van der Waals surface area contributed by atoms with Crippen LogP contribution in [0.4, 0.5) is 5.69 Å². The van der Waals surface area contributed by atoms with Gasteiger partial charge in [-0.3, -0.25) is 18.9 Å². The highest BCUT2D eigenvalue weighted by Crippen LogP contribution is 2.26. The van der Waals surface area contributed by atoms with E-state index < -0.39 is 10.0 Å². The minimum Gasteiger partial charge on any atom is -0.352 e. The quantitative estimate of drug-likeness (QED) is 0.742. The summed E-state index contributed by atoms with van der Waals surface area (Å²) in [6.45, 7) is 9.39. The number of sulfonamides is 1. The maximum atomic E-state index is 13.0. The highest BCUT2D eigenvalue weighted by Gasteiger charge is 2.29. The van der Waals surface area contributed by atoms with Crippen LogP contribution in [0.5, 0.6) is 0 Å². The van der Waals surface area contributed by atoms with Gasteiger partial charge in [-0.1, -0.05) is 12.8 Å². The van der Waals surface area contributed by atoms with Crippen molar-refractivity contribution in [1.82, 2.24) is 24.9 Å². The van der Waals surface area contributed by atoms with Crippen LogP contribution < -0.4 is 10.0 Å². The zero-order chi connectivity index (χ0) is 21.4. The Kier molecular flexibility index (Phi) is 5.75. The minimum atomic E-state index is -3.84. The van der Waals surface area contributed by atoms with Crippen molar-refractivity contribution in [1.29, 1.82) is 0 Å². The number of nitrogens with one attached hydrogen (secondary N) is 2. The zero-order valence-corrected chi connectivity index (χ0v) is 18.5. The second-order valence-electron chi connectivity index (χ2n) is 8.66. The molecule has 0 spiro atoms. The van der Waals surface area contributed by atoms with E-state index in [9.17, 15) is 13.2 Å². The first-order valence-corrected chi connectivity index (χ1v) is 11.4. The Morgan fingerprint density at radius 2 is 1.90 bits per heavy atom. The fourth-order valence-corrected chi connectivity index (χ4v) is 5.29. The predicted molar refractivity (Wildman–Crippen MR) is 110 cm³/mol. The Labute approximate surface area is 171 Å². The first kappa shape index (κ1) is 21.4. The number of carbonyl (C=O) groups is 1. The molecule has 1 aliphatic rings. The Morgan fingerprint density at radius 1 is 1.24 bits per heavy atom. The molecule has 0 radical (unpaired) electrons. The van der Waals surface area contributed by atoms with Gasteiger partial charge in [-0.25, -0.2) is 8.42 Å². The normalized spacial score (nSPS) is 15.6. The number of hydrogen-bond donors (Lipinski definition) is 2. The van der Waals surface area contributed by atoms with Gasteiger partial charge in [0.1, 0.15) is 11.4 Å². The molecule has 1 saturated carbocycles. The van der Waals surface area contributed by atoms with E-state index >= 15 is 0 Å². The number of nitrogens with zero attached hydrogens (tertiary/aromatic N) is 4. The summed E-state index contributed by atoms with van der Waals surface area (Å²) in [6, 6.07) is 0.237. The van der Waals surface area contributed by atoms with Gasteiger partial charge >= 0.3 is 0 Å². The monoisotopic (exact) mass is 422 g/mol. The Bertz CT molecular complexity index is 994. The third-order valence-electron chi connectivity index (χ3n) is 5.04. The molecule has 1 amide bonds. The number of hydrogen-bond acceptors (Lipinski definition) is 5. The largest absolute Gasteiger partial charge is 0.352 e. The van der Waals surface area contributed by atoms with E-state index in [4.69, 9.17) is 0 Å². The van der Waals surface area contributed by atoms with Crippen molar-refractivity contribution < 1.29 is 13.2 Å². The summed E-state index contributed by atoms with van der Waals surface area (Å²) in [6.07, 6.45) is 7.23. The molecule has 9 nitrogen and oxygen atoms in total. The van der Waals surface area contributed by atoms with Crippen molar-refractivity contribution >= 4 is 21.6 Å². The van der Waals surface area contributed by atoms with Gasteiger partial charge in [0, 0.05) is 12.2 Å². The molecule has 2 N–H and O–H groups in total. The van der Waals surface area contributed by atoms with Gasteiger partial charge in [-0.2, -0.15) is 10.2 Å². The Balaban J connectivity index is 1.72. The Hall–Kier alpha value is -2.36. The molecule has 0 unspecified atom stereocenters. The Morgan fingerprint density at radius 3 is 2.48 bits per heavy atom. The number of amides is 1. The smallest absolute Gasteiger partial charge is 0.265 e. The van der Waals surface area contributed by atoms with Gasteiger partial charge in [-0.05, 0) is 47.5 Å². The van der Waals surface area contributed by atoms with Crippen molar-refractivity contribution in [2.75, 3.05) is 4.72 Å².